The molecule has 0 aliphatic heterocycles. The molecular formula is C13H6Br2Cl2O. The second-order valence-electron chi connectivity index (χ2n) is 3.58. The highest BCUT2D eigenvalue weighted by Gasteiger charge is 2.16. The van der Waals surface area contributed by atoms with Gasteiger partial charge in [-0.3, -0.25) is 4.79 Å². The van der Waals surface area contributed by atoms with Gasteiger partial charge in [-0.25, -0.2) is 0 Å². The molecule has 0 heterocycles. The van der Waals surface area contributed by atoms with E-state index in [1.165, 1.54) is 0 Å². The standard InChI is InChI=1S/C13H6Br2Cl2O/c14-7-1-3-9(11(15)5-7)13(18)10-6-8(16)2-4-12(10)17/h1-6H. The fourth-order valence-corrected chi connectivity index (χ4v) is 3.09. The number of hydrogen-bond acceptors (Lipinski definition) is 1. The molecule has 0 saturated carbocycles. The number of benzene rings is 2. The van der Waals surface area contributed by atoms with Crippen molar-refractivity contribution in [3.8, 4) is 0 Å². The summed E-state index contributed by atoms with van der Waals surface area (Å²) in [5.41, 5.74) is 0.939. The second-order valence-corrected chi connectivity index (χ2v) is 6.19. The van der Waals surface area contributed by atoms with Crippen LogP contribution < -0.4 is 0 Å². The Labute approximate surface area is 131 Å². The maximum Gasteiger partial charge on any atom is 0.195 e. The average molecular weight is 409 g/mol. The number of hydrogen-bond donors (Lipinski definition) is 0. The van der Waals surface area contributed by atoms with Crippen molar-refractivity contribution in [3.05, 3.63) is 66.5 Å². The Kier molecular flexibility index (Phi) is 4.49. The Morgan fingerprint density at radius 2 is 1.67 bits per heavy atom. The molecule has 2 aromatic carbocycles. The summed E-state index contributed by atoms with van der Waals surface area (Å²) in [5.74, 6) is -0.165. The van der Waals surface area contributed by atoms with Crippen molar-refractivity contribution in [2.24, 2.45) is 0 Å². The van der Waals surface area contributed by atoms with Gasteiger partial charge in [-0.15, -0.1) is 0 Å². The largest absolute Gasteiger partial charge is 0.289 e. The Morgan fingerprint density at radius 3 is 2.33 bits per heavy atom. The molecule has 0 aliphatic carbocycles. The van der Waals surface area contributed by atoms with Crippen molar-refractivity contribution < 1.29 is 4.79 Å². The topological polar surface area (TPSA) is 17.1 Å². The second kappa shape index (κ2) is 5.74. The molecule has 0 fully saturated rings. The van der Waals surface area contributed by atoms with E-state index in [0.717, 1.165) is 4.47 Å². The Morgan fingerprint density at radius 1 is 0.944 bits per heavy atom. The fourth-order valence-electron chi connectivity index (χ4n) is 1.49. The molecule has 0 radical (unpaired) electrons. The lowest BCUT2D eigenvalue weighted by Gasteiger charge is -2.06. The predicted octanol–water partition coefficient (Wildman–Crippen LogP) is 5.75. The van der Waals surface area contributed by atoms with Crippen LogP contribution in [0.15, 0.2) is 45.3 Å². The smallest absolute Gasteiger partial charge is 0.195 e. The monoisotopic (exact) mass is 406 g/mol. The molecule has 1 nitrogen and oxygen atoms in total. The van der Waals surface area contributed by atoms with Gasteiger partial charge >= 0.3 is 0 Å². The first-order valence-electron chi connectivity index (χ1n) is 4.94. The fraction of sp³-hybridized carbons (Fsp3) is 0. The van der Waals surface area contributed by atoms with Crippen LogP contribution in [0.3, 0.4) is 0 Å². The van der Waals surface area contributed by atoms with E-state index in [-0.39, 0.29) is 5.78 Å². The number of halogens is 4. The van der Waals surface area contributed by atoms with E-state index in [0.29, 0.717) is 25.6 Å². The molecule has 0 aliphatic rings. The number of carbonyl (C=O) groups excluding carboxylic acids is 1. The van der Waals surface area contributed by atoms with Crippen LogP contribution >= 0.6 is 55.1 Å². The Balaban J connectivity index is 2.51. The molecule has 2 aromatic rings. The molecule has 0 saturated heterocycles. The van der Waals surface area contributed by atoms with Crippen molar-refractivity contribution in [1.82, 2.24) is 0 Å². The van der Waals surface area contributed by atoms with E-state index < -0.39 is 0 Å². The average Bonchev–Trinajstić information content (AvgIpc) is 2.31. The zero-order valence-corrected chi connectivity index (χ0v) is 13.6. The summed E-state index contributed by atoms with van der Waals surface area (Å²) in [7, 11) is 0. The maximum atomic E-state index is 12.4. The summed E-state index contributed by atoms with van der Waals surface area (Å²) < 4.78 is 1.60. The van der Waals surface area contributed by atoms with E-state index in [2.05, 4.69) is 31.9 Å². The number of carbonyl (C=O) groups is 1. The van der Waals surface area contributed by atoms with Gasteiger partial charge in [0.1, 0.15) is 0 Å². The third kappa shape index (κ3) is 2.97. The number of rotatable bonds is 2. The molecule has 0 N–H and O–H groups in total. The van der Waals surface area contributed by atoms with Gasteiger partial charge < -0.3 is 0 Å². The Hall–Kier alpha value is -0.350. The molecule has 92 valence electrons. The van der Waals surface area contributed by atoms with Crippen LogP contribution in [-0.2, 0) is 0 Å². The van der Waals surface area contributed by atoms with Crippen LogP contribution in [-0.4, -0.2) is 5.78 Å². The first-order valence-corrected chi connectivity index (χ1v) is 7.28. The van der Waals surface area contributed by atoms with E-state index in [9.17, 15) is 4.79 Å². The van der Waals surface area contributed by atoms with Crippen LogP contribution in [0.5, 0.6) is 0 Å². The van der Waals surface area contributed by atoms with Crippen molar-refractivity contribution in [2.75, 3.05) is 0 Å². The van der Waals surface area contributed by atoms with Crippen molar-refractivity contribution >= 4 is 60.8 Å². The first-order chi connectivity index (χ1) is 8.49. The lowest BCUT2D eigenvalue weighted by molar-refractivity contribution is 0.103. The third-order valence-electron chi connectivity index (χ3n) is 2.35. The van der Waals surface area contributed by atoms with Crippen molar-refractivity contribution in [1.29, 1.82) is 0 Å². The lowest BCUT2D eigenvalue weighted by atomic mass is 10.0. The summed E-state index contributed by atoms with van der Waals surface area (Å²) in [6.45, 7) is 0. The van der Waals surface area contributed by atoms with Gasteiger partial charge in [0.05, 0.1) is 5.02 Å². The van der Waals surface area contributed by atoms with E-state index in [1.807, 2.05) is 6.07 Å². The molecular weight excluding hydrogens is 403 g/mol. The third-order valence-corrected chi connectivity index (χ3v) is 4.06. The summed E-state index contributed by atoms with van der Waals surface area (Å²) >= 11 is 18.6. The molecule has 0 unspecified atom stereocenters. The maximum absolute atomic E-state index is 12.4. The van der Waals surface area contributed by atoms with Crippen molar-refractivity contribution in [2.45, 2.75) is 0 Å². The molecule has 0 spiro atoms. The first kappa shape index (κ1) is 14.1. The van der Waals surface area contributed by atoms with Gasteiger partial charge in [0.2, 0.25) is 0 Å². The van der Waals surface area contributed by atoms with Gasteiger partial charge in [0.25, 0.3) is 0 Å². The van der Waals surface area contributed by atoms with Gasteiger partial charge in [-0.1, -0.05) is 39.1 Å². The van der Waals surface area contributed by atoms with Crippen LogP contribution in [0, 0.1) is 0 Å². The summed E-state index contributed by atoms with van der Waals surface area (Å²) in [6, 6.07) is 10.2. The van der Waals surface area contributed by atoms with Gasteiger partial charge in [-0.2, -0.15) is 0 Å². The summed E-state index contributed by atoms with van der Waals surface area (Å²) in [5, 5.41) is 0.871. The molecule has 0 amide bonds. The quantitative estimate of drug-likeness (QED) is 0.578. The predicted molar refractivity (Wildman–Crippen MR) is 81.7 cm³/mol. The summed E-state index contributed by atoms with van der Waals surface area (Å²) in [4.78, 5) is 12.4. The highest BCUT2D eigenvalue weighted by molar-refractivity contribution is 9.11. The van der Waals surface area contributed by atoms with Gasteiger partial charge in [0, 0.05) is 25.1 Å². The van der Waals surface area contributed by atoms with Crippen molar-refractivity contribution in [3.63, 3.8) is 0 Å². The van der Waals surface area contributed by atoms with Gasteiger partial charge in [-0.05, 0) is 52.3 Å². The van der Waals surface area contributed by atoms with Crippen LogP contribution in [0.2, 0.25) is 10.0 Å². The number of ketones is 1. The van der Waals surface area contributed by atoms with E-state index in [1.54, 1.807) is 30.3 Å². The molecule has 0 atom stereocenters. The molecule has 0 bridgehead atoms. The lowest BCUT2D eigenvalue weighted by Crippen LogP contribution is -2.03. The molecule has 18 heavy (non-hydrogen) atoms. The van der Waals surface area contributed by atoms with Crippen LogP contribution in [0.4, 0.5) is 0 Å². The minimum absolute atomic E-state index is 0.165. The minimum atomic E-state index is -0.165. The zero-order valence-electron chi connectivity index (χ0n) is 8.88. The van der Waals surface area contributed by atoms with E-state index >= 15 is 0 Å². The minimum Gasteiger partial charge on any atom is -0.289 e. The highest BCUT2D eigenvalue weighted by atomic mass is 79.9. The SMILES string of the molecule is O=C(c1cc(Cl)ccc1Cl)c1ccc(Br)cc1Br. The normalized spacial score (nSPS) is 10.4. The van der Waals surface area contributed by atoms with Gasteiger partial charge in [0.15, 0.2) is 5.78 Å². The summed E-state index contributed by atoms with van der Waals surface area (Å²) in [6.07, 6.45) is 0. The highest BCUT2D eigenvalue weighted by Crippen LogP contribution is 2.28. The molecule has 5 heteroatoms. The molecule has 0 aromatic heterocycles. The Bertz CT molecular complexity index is 626. The van der Waals surface area contributed by atoms with E-state index in [4.69, 9.17) is 23.2 Å². The van der Waals surface area contributed by atoms with Crippen LogP contribution in [0.1, 0.15) is 15.9 Å². The zero-order chi connectivity index (χ0) is 13.3. The molecule has 2 rings (SSSR count). The van der Waals surface area contributed by atoms with Crippen LogP contribution in [0.25, 0.3) is 0 Å².